The molecule has 1 amide bonds. The highest BCUT2D eigenvalue weighted by molar-refractivity contribution is 6.08. The van der Waals surface area contributed by atoms with Crippen molar-refractivity contribution in [3.05, 3.63) is 64.2 Å². The van der Waals surface area contributed by atoms with E-state index in [0.29, 0.717) is 23.0 Å². The van der Waals surface area contributed by atoms with Crippen molar-refractivity contribution in [2.45, 2.75) is 13.8 Å². The van der Waals surface area contributed by atoms with E-state index in [1.807, 2.05) is 0 Å². The van der Waals surface area contributed by atoms with Crippen LogP contribution in [0.25, 0.3) is 0 Å². The Labute approximate surface area is 127 Å². The number of amides is 1. The first-order valence-electron chi connectivity index (χ1n) is 6.64. The van der Waals surface area contributed by atoms with E-state index in [1.54, 1.807) is 44.2 Å². The molecule has 0 heterocycles. The summed E-state index contributed by atoms with van der Waals surface area (Å²) in [5.41, 5.74) is 1.84. The number of carbonyl (C=O) groups excluding carboxylic acids is 2. The Balaban J connectivity index is 2.50. The molecular formula is C17H15NO4. The van der Waals surface area contributed by atoms with E-state index in [0.717, 1.165) is 0 Å². The van der Waals surface area contributed by atoms with Gasteiger partial charge in [-0.3, -0.25) is 9.59 Å². The SMILES string of the molecule is Cc1cc(C=O)c(NC(=O)c2ccccc2)c(C)c1C(=O)O. The number of aryl methyl sites for hydroxylation is 1. The fraction of sp³-hybridized carbons (Fsp3) is 0.118. The first-order chi connectivity index (χ1) is 10.5. The highest BCUT2D eigenvalue weighted by Crippen LogP contribution is 2.27. The van der Waals surface area contributed by atoms with Crippen LogP contribution >= 0.6 is 0 Å². The molecular weight excluding hydrogens is 282 g/mol. The van der Waals surface area contributed by atoms with Gasteiger partial charge in [0.15, 0.2) is 6.29 Å². The van der Waals surface area contributed by atoms with Gasteiger partial charge in [-0.25, -0.2) is 4.79 Å². The summed E-state index contributed by atoms with van der Waals surface area (Å²) in [6.45, 7) is 3.19. The largest absolute Gasteiger partial charge is 0.478 e. The van der Waals surface area contributed by atoms with Crippen LogP contribution in [0.4, 0.5) is 5.69 Å². The van der Waals surface area contributed by atoms with Crippen molar-refractivity contribution in [3.8, 4) is 0 Å². The Morgan fingerprint density at radius 2 is 1.77 bits per heavy atom. The van der Waals surface area contributed by atoms with Gasteiger partial charge in [-0.15, -0.1) is 0 Å². The molecule has 0 spiro atoms. The van der Waals surface area contributed by atoms with Crippen LogP contribution in [0.2, 0.25) is 0 Å². The number of aldehydes is 1. The third kappa shape index (κ3) is 2.88. The van der Waals surface area contributed by atoms with Crippen LogP contribution in [-0.4, -0.2) is 23.3 Å². The van der Waals surface area contributed by atoms with Gasteiger partial charge in [0.2, 0.25) is 0 Å². The van der Waals surface area contributed by atoms with Crippen LogP contribution in [-0.2, 0) is 0 Å². The maximum Gasteiger partial charge on any atom is 0.336 e. The molecule has 0 saturated heterocycles. The molecule has 5 nitrogen and oxygen atoms in total. The Bertz CT molecular complexity index is 751. The van der Waals surface area contributed by atoms with Gasteiger partial charge in [0.1, 0.15) is 0 Å². The van der Waals surface area contributed by atoms with Crippen molar-refractivity contribution in [2.24, 2.45) is 0 Å². The second kappa shape index (κ2) is 6.22. The topological polar surface area (TPSA) is 83.5 Å². The first kappa shape index (κ1) is 15.4. The number of aromatic carboxylic acids is 1. The summed E-state index contributed by atoms with van der Waals surface area (Å²) in [6.07, 6.45) is 0.603. The third-order valence-corrected chi connectivity index (χ3v) is 3.42. The van der Waals surface area contributed by atoms with Crippen molar-refractivity contribution >= 4 is 23.9 Å². The van der Waals surface area contributed by atoms with E-state index >= 15 is 0 Å². The number of anilines is 1. The average molecular weight is 297 g/mol. The molecule has 0 atom stereocenters. The van der Waals surface area contributed by atoms with Crippen LogP contribution in [0.5, 0.6) is 0 Å². The number of rotatable bonds is 4. The normalized spacial score (nSPS) is 10.1. The van der Waals surface area contributed by atoms with Crippen LogP contribution < -0.4 is 5.32 Å². The van der Waals surface area contributed by atoms with Gasteiger partial charge in [0.25, 0.3) is 5.91 Å². The van der Waals surface area contributed by atoms with Crippen molar-refractivity contribution in [1.29, 1.82) is 0 Å². The summed E-state index contributed by atoms with van der Waals surface area (Å²) in [5.74, 6) is -1.49. The van der Waals surface area contributed by atoms with Gasteiger partial charge >= 0.3 is 5.97 Å². The van der Waals surface area contributed by atoms with Gasteiger partial charge in [-0.05, 0) is 43.2 Å². The maximum absolute atomic E-state index is 12.2. The molecule has 2 rings (SSSR count). The molecule has 0 aliphatic carbocycles. The first-order valence-corrected chi connectivity index (χ1v) is 6.64. The fourth-order valence-corrected chi connectivity index (χ4v) is 2.38. The number of carbonyl (C=O) groups is 3. The summed E-state index contributed by atoms with van der Waals surface area (Å²) in [7, 11) is 0. The summed E-state index contributed by atoms with van der Waals surface area (Å²) >= 11 is 0. The highest BCUT2D eigenvalue weighted by Gasteiger charge is 2.19. The fourth-order valence-electron chi connectivity index (χ4n) is 2.38. The molecule has 0 bridgehead atoms. The number of hydrogen-bond acceptors (Lipinski definition) is 3. The maximum atomic E-state index is 12.2. The number of nitrogens with one attached hydrogen (secondary N) is 1. The standard InChI is InChI=1S/C17H15NO4/c1-10-8-13(9-19)15(11(2)14(10)17(21)22)18-16(20)12-6-4-3-5-7-12/h3-9H,1-2H3,(H,18,20)(H,21,22). The summed E-state index contributed by atoms with van der Waals surface area (Å²) in [6, 6.07) is 9.97. The second-order valence-corrected chi connectivity index (χ2v) is 4.90. The van der Waals surface area contributed by atoms with Crippen molar-refractivity contribution in [1.82, 2.24) is 0 Å². The van der Waals surface area contributed by atoms with Crippen molar-refractivity contribution in [3.63, 3.8) is 0 Å². The van der Waals surface area contributed by atoms with Crippen LogP contribution in [0.3, 0.4) is 0 Å². The van der Waals surface area contributed by atoms with E-state index in [4.69, 9.17) is 0 Å². The van der Waals surface area contributed by atoms with Crippen LogP contribution in [0.15, 0.2) is 36.4 Å². The van der Waals surface area contributed by atoms with Crippen LogP contribution in [0, 0.1) is 13.8 Å². The molecule has 0 fully saturated rings. The lowest BCUT2D eigenvalue weighted by Gasteiger charge is -2.15. The molecule has 0 radical (unpaired) electrons. The van der Waals surface area contributed by atoms with Crippen molar-refractivity contribution < 1.29 is 19.5 Å². The predicted octanol–water partition coefficient (Wildman–Crippen LogP) is 3.07. The zero-order valence-corrected chi connectivity index (χ0v) is 12.2. The molecule has 0 saturated carbocycles. The zero-order chi connectivity index (χ0) is 16.3. The molecule has 5 heteroatoms. The summed E-state index contributed by atoms with van der Waals surface area (Å²) in [4.78, 5) is 34.8. The van der Waals surface area contributed by atoms with E-state index in [-0.39, 0.29) is 16.8 Å². The summed E-state index contributed by atoms with van der Waals surface area (Å²) in [5, 5.41) is 11.9. The minimum atomic E-state index is -1.09. The molecule has 2 N–H and O–H groups in total. The minimum Gasteiger partial charge on any atom is -0.478 e. The molecule has 2 aromatic carbocycles. The number of carboxylic acids is 1. The third-order valence-electron chi connectivity index (χ3n) is 3.42. The molecule has 2 aromatic rings. The zero-order valence-electron chi connectivity index (χ0n) is 12.2. The van der Waals surface area contributed by atoms with E-state index < -0.39 is 11.9 Å². The van der Waals surface area contributed by atoms with E-state index in [1.165, 1.54) is 6.07 Å². The Kier molecular flexibility index (Phi) is 4.36. The molecule has 0 aliphatic heterocycles. The molecule has 112 valence electrons. The predicted molar refractivity (Wildman–Crippen MR) is 82.7 cm³/mol. The Morgan fingerprint density at radius 1 is 1.14 bits per heavy atom. The highest BCUT2D eigenvalue weighted by atomic mass is 16.4. The van der Waals surface area contributed by atoms with Gasteiger partial charge in [0, 0.05) is 11.1 Å². The minimum absolute atomic E-state index is 0.0916. The quantitative estimate of drug-likeness (QED) is 0.849. The van der Waals surface area contributed by atoms with Crippen molar-refractivity contribution in [2.75, 3.05) is 5.32 Å². The number of benzene rings is 2. The number of carboxylic acid groups (broad SMARTS) is 1. The Hall–Kier alpha value is -2.95. The summed E-state index contributed by atoms with van der Waals surface area (Å²) < 4.78 is 0. The van der Waals surface area contributed by atoms with Gasteiger partial charge in [-0.2, -0.15) is 0 Å². The van der Waals surface area contributed by atoms with Crippen LogP contribution in [0.1, 0.15) is 42.2 Å². The van der Waals surface area contributed by atoms with E-state index in [9.17, 15) is 19.5 Å². The molecule has 22 heavy (non-hydrogen) atoms. The van der Waals surface area contributed by atoms with E-state index in [2.05, 4.69) is 5.32 Å². The molecule has 0 aliphatic rings. The monoisotopic (exact) mass is 297 g/mol. The lowest BCUT2D eigenvalue weighted by Crippen LogP contribution is -2.16. The average Bonchev–Trinajstić information content (AvgIpc) is 2.50. The van der Waals surface area contributed by atoms with Gasteiger partial charge < -0.3 is 10.4 Å². The second-order valence-electron chi connectivity index (χ2n) is 4.90. The van der Waals surface area contributed by atoms with Gasteiger partial charge in [0.05, 0.1) is 11.3 Å². The Morgan fingerprint density at radius 3 is 2.32 bits per heavy atom. The smallest absolute Gasteiger partial charge is 0.336 e. The molecule has 0 unspecified atom stereocenters. The molecule has 0 aromatic heterocycles. The van der Waals surface area contributed by atoms with Gasteiger partial charge in [-0.1, -0.05) is 18.2 Å². The lowest BCUT2D eigenvalue weighted by atomic mass is 9.97. The lowest BCUT2D eigenvalue weighted by molar-refractivity contribution is 0.0694. The number of hydrogen-bond donors (Lipinski definition) is 2.